The molecule has 3 aromatic rings. The molecular formula is C23H22N2O3. The molecule has 2 aliphatic heterocycles. The Morgan fingerprint density at radius 2 is 1.79 bits per heavy atom. The number of fused-ring (bicyclic) bond motifs is 2. The largest absolute Gasteiger partial charge is 0.454 e. The van der Waals surface area contributed by atoms with Crippen LogP contribution in [-0.4, -0.2) is 30.6 Å². The zero-order valence-electron chi connectivity index (χ0n) is 15.9. The van der Waals surface area contributed by atoms with Gasteiger partial charge in [0.1, 0.15) is 0 Å². The van der Waals surface area contributed by atoms with Gasteiger partial charge in [0.15, 0.2) is 17.3 Å². The molecule has 142 valence electrons. The second kappa shape index (κ2) is 6.82. The summed E-state index contributed by atoms with van der Waals surface area (Å²) in [5.74, 6) is 1.44. The van der Waals surface area contributed by atoms with Crippen molar-refractivity contribution in [2.45, 2.75) is 26.2 Å². The smallest absolute Gasteiger partial charge is 0.231 e. The molecule has 0 atom stereocenters. The number of pyridine rings is 1. The summed E-state index contributed by atoms with van der Waals surface area (Å²) in [5, 5.41) is 0.946. The first-order valence-corrected chi connectivity index (χ1v) is 9.85. The maximum absolute atomic E-state index is 13.4. The van der Waals surface area contributed by atoms with Crippen LogP contribution in [0.25, 0.3) is 10.9 Å². The summed E-state index contributed by atoms with van der Waals surface area (Å²) >= 11 is 0. The van der Waals surface area contributed by atoms with Crippen molar-refractivity contribution < 1.29 is 14.3 Å². The van der Waals surface area contributed by atoms with Crippen LogP contribution in [0.5, 0.6) is 11.5 Å². The lowest BCUT2D eigenvalue weighted by Gasteiger charge is -2.23. The lowest BCUT2D eigenvalue weighted by Crippen LogP contribution is -2.21. The first kappa shape index (κ1) is 17.0. The minimum absolute atomic E-state index is 0.0108. The highest BCUT2D eigenvalue weighted by molar-refractivity contribution is 6.16. The van der Waals surface area contributed by atoms with E-state index in [9.17, 15) is 4.79 Å². The second-order valence-corrected chi connectivity index (χ2v) is 7.32. The number of ether oxygens (including phenoxy) is 2. The molecule has 0 unspecified atom stereocenters. The highest BCUT2D eigenvalue weighted by Crippen LogP contribution is 2.41. The number of anilines is 1. The Bertz CT molecular complexity index is 1050. The fourth-order valence-electron chi connectivity index (χ4n) is 4.06. The Balaban J connectivity index is 1.67. The molecule has 5 rings (SSSR count). The third-order valence-corrected chi connectivity index (χ3v) is 5.63. The van der Waals surface area contributed by atoms with Crippen LogP contribution in [0.2, 0.25) is 0 Å². The minimum Gasteiger partial charge on any atom is -0.454 e. The van der Waals surface area contributed by atoms with Crippen LogP contribution in [0.1, 0.15) is 41.3 Å². The first-order chi connectivity index (χ1) is 13.7. The van der Waals surface area contributed by atoms with E-state index in [0.29, 0.717) is 22.6 Å². The summed E-state index contributed by atoms with van der Waals surface area (Å²) in [6, 6.07) is 11.7. The van der Waals surface area contributed by atoms with Gasteiger partial charge in [-0.25, -0.2) is 0 Å². The van der Waals surface area contributed by atoms with E-state index in [1.54, 1.807) is 6.20 Å². The van der Waals surface area contributed by atoms with Crippen LogP contribution in [0.4, 0.5) is 5.69 Å². The zero-order chi connectivity index (χ0) is 19.1. The molecule has 2 aromatic carbocycles. The molecule has 0 N–H and O–H groups in total. The van der Waals surface area contributed by atoms with Gasteiger partial charge in [0.2, 0.25) is 6.79 Å². The van der Waals surface area contributed by atoms with Crippen molar-refractivity contribution >= 4 is 22.4 Å². The van der Waals surface area contributed by atoms with E-state index < -0.39 is 0 Å². The maximum Gasteiger partial charge on any atom is 0.231 e. The molecule has 5 heteroatoms. The number of aryl methyl sites for hydroxylation is 1. The van der Waals surface area contributed by atoms with E-state index in [2.05, 4.69) is 16.8 Å². The minimum atomic E-state index is 0.0108. The third-order valence-electron chi connectivity index (χ3n) is 5.63. The highest BCUT2D eigenvalue weighted by atomic mass is 16.7. The Morgan fingerprint density at radius 1 is 1.07 bits per heavy atom. The van der Waals surface area contributed by atoms with E-state index in [1.807, 2.05) is 36.4 Å². The molecule has 0 radical (unpaired) electrons. The molecule has 2 aliphatic rings. The van der Waals surface area contributed by atoms with Gasteiger partial charge < -0.3 is 14.4 Å². The monoisotopic (exact) mass is 374 g/mol. The molecule has 0 saturated carbocycles. The van der Waals surface area contributed by atoms with E-state index in [0.717, 1.165) is 48.9 Å². The van der Waals surface area contributed by atoms with E-state index >= 15 is 0 Å². The SMILES string of the molecule is CCc1ccc(C(=O)c2cnc3cc4c(cc3c2N2CCCC2)OCO4)cc1. The van der Waals surface area contributed by atoms with Gasteiger partial charge in [0.25, 0.3) is 0 Å². The van der Waals surface area contributed by atoms with Crippen LogP contribution < -0.4 is 14.4 Å². The molecular weight excluding hydrogens is 352 g/mol. The van der Waals surface area contributed by atoms with Crippen molar-refractivity contribution in [3.8, 4) is 11.5 Å². The Kier molecular flexibility index (Phi) is 4.15. The average molecular weight is 374 g/mol. The fraction of sp³-hybridized carbons (Fsp3) is 0.304. The van der Waals surface area contributed by atoms with Gasteiger partial charge in [0.05, 0.1) is 16.8 Å². The zero-order valence-corrected chi connectivity index (χ0v) is 15.9. The van der Waals surface area contributed by atoms with Crippen molar-refractivity contribution in [2.75, 3.05) is 24.8 Å². The quantitative estimate of drug-likeness (QED) is 0.635. The highest BCUT2D eigenvalue weighted by Gasteiger charge is 2.25. The lowest BCUT2D eigenvalue weighted by molar-refractivity contribution is 0.103. The van der Waals surface area contributed by atoms with Gasteiger partial charge >= 0.3 is 0 Å². The number of aromatic nitrogens is 1. The molecule has 28 heavy (non-hydrogen) atoms. The number of rotatable bonds is 4. The molecule has 3 heterocycles. The Hall–Kier alpha value is -3.08. The van der Waals surface area contributed by atoms with Crippen LogP contribution in [0.15, 0.2) is 42.6 Å². The third kappa shape index (κ3) is 2.78. The molecule has 5 nitrogen and oxygen atoms in total. The molecule has 1 aromatic heterocycles. The van der Waals surface area contributed by atoms with Gasteiger partial charge in [-0.05, 0) is 30.9 Å². The first-order valence-electron chi connectivity index (χ1n) is 9.85. The van der Waals surface area contributed by atoms with E-state index in [1.165, 1.54) is 5.56 Å². The van der Waals surface area contributed by atoms with Crippen LogP contribution in [-0.2, 0) is 6.42 Å². The Morgan fingerprint density at radius 3 is 2.50 bits per heavy atom. The second-order valence-electron chi connectivity index (χ2n) is 7.32. The number of carbonyl (C=O) groups is 1. The van der Waals surface area contributed by atoms with Crippen LogP contribution >= 0.6 is 0 Å². The maximum atomic E-state index is 13.4. The Labute approximate surface area is 163 Å². The lowest BCUT2D eigenvalue weighted by atomic mass is 9.98. The fourth-order valence-corrected chi connectivity index (χ4v) is 4.06. The molecule has 0 aliphatic carbocycles. The standard InChI is InChI=1S/C23H22N2O3/c1-2-15-5-7-16(8-6-15)23(26)18-13-24-19-12-21-20(27-14-28-21)11-17(19)22(18)25-9-3-4-10-25/h5-8,11-13H,2-4,9-10,14H2,1H3. The number of ketones is 1. The number of carbonyl (C=O) groups excluding carboxylic acids is 1. The van der Waals surface area contributed by atoms with Crippen LogP contribution in [0, 0.1) is 0 Å². The number of nitrogens with zero attached hydrogens (tertiary/aromatic N) is 2. The van der Waals surface area contributed by atoms with Crippen molar-refractivity contribution in [3.63, 3.8) is 0 Å². The summed E-state index contributed by atoms with van der Waals surface area (Å²) in [4.78, 5) is 20.3. The average Bonchev–Trinajstić information content (AvgIpc) is 3.42. The number of hydrogen-bond acceptors (Lipinski definition) is 5. The van der Waals surface area contributed by atoms with Crippen molar-refractivity contribution in [2.24, 2.45) is 0 Å². The molecule has 1 saturated heterocycles. The molecule has 0 amide bonds. The predicted octanol–water partition coefficient (Wildman–Crippen LogP) is 4.36. The molecule has 0 spiro atoms. The molecule has 0 bridgehead atoms. The predicted molar refractivity (Wildman–Crippen MR) is 109 cm³/mol. The van der Waals surface area contributed by atoms with Crippen molar-refractivity contribution in [1.29, 1.82) is 0 Å². The number of hydrogen-bond donors (Lipinski definition) is 0. The van der Waals surface area contributed by atoms with Gasteiger partial charge in [-0.3, -0.25) is 9.78 Å². The van der Waals surface area contributed by atoms with Gasteiger partial charge in [0, 0.05) is 36.3 Å². The van der Waals surface area contributed by atoms with Crippen molar-refractivity contribution in [1.82, 2.24) is 4.98 Å². The summed E-state index contributed by atoms with van der Waals surface area (Å²) in [5.41, 5.74) is 4.35. The topological polar surface area (TPSA) is 51.7 Å². The number of benzene rings is 2. The van der Waals surface area contributed by atoms with E-state index in [-0.39, 0.29) is 12.6 Å². The van der Waals surface area contributed by atoms with Crippen molar-refractivity contribution in [3.05, 3.63) is 59.3 Å². The summed E-state index contributed by atoms with van der Waals surface area (Å²) in [7, 11) is 0. The summed E-state index contributed by atoms with van der Waals surface area (Å²) in [6.45, 7) is 4.23. The summed E-state index contributed by atoms with van der Waals surface area (Å²) < 4.78 is 11.1. The van der Waals surface area contributed by atoms with Gasteiger partial charge in [-0.1, -0.05) is 31.2 Å². The summed E-state index contributed by atoms with van der Waals surface area (Å²) in [6.07, 6.45) is 4.94. The van der Waals surface area contributed by atoms with Crippen LogP contribution in [0.3, 0.4) is 0 Å². The molecule has 1 fully saturated rings. The van der Waals surface area contributed by atoms with Gasteiger partial charge in [-0.15, -0.1) is 0 Å². The normalized spacial score (nSPS) is 15.4. The van der Waals surface area contributed by atoms with Gasteiger partial charge in [-0.2, -0.15) is 0 Å². The van der Waals surface area contributed by atoms with E-state index in [4.69, 9.17) is 9.47 Å².